The molecule has 0 aliphatic heterocycles. The normalized spacial score (nSPS) is 11.9. The molecule has 0 saturated carbocycles. The number of nitro groups is 1. The van der Waals surface area contributed by atoms with E-state index in [0.717, 1.165) is 38.4 Å². The molecule has 152 valence electrons. The average Bonchev–Trinajstić information content (AvgIpc) is 3.44. The highest BCUT2D eigenvalue weighted by Crippen LogP contribution is 2.31. The van der Waals surface area contributed by atoms with Gasteiger partial charge in [-0.2, -0.15) is 0 Å². The second kappa shape index (κ2) is 9.10. The molecule has 0 saturated heterocycles. The summed E-state index contributed by atoms with van der Waals surface area (Å²) in [5.74, 6) is 0. The van der Waals surface area contributed by atoms with E-state index >= 15 is 0 Å². The summed E-state index contributed by atoms with van der Waals surface area (Å²) in [7, 11) is 0. The molecule has 0 fully saturated rings. The minimum absolute atomic E-state index is 0.0833. The van der Waals surface area contributed by atoms with Crippen LogP contribution >= 0.6 is 22.7 Å². The molecule has 7 nitrogen and oxygen atoms in total. The Morgan fingerprint density at radius 3 is 2.53 bits per heavy atom. The van der Waals surface area contributed by atoms with E-state index in [0.29, 0.717) is 6.42 Å². The fourth-order valence-corrected chi connectivity index (χ4v) is 4.59. The fraction of sp³-hybridized carbons (Fsp3) is 0.190. The summed E-state index contributed by atoms with van der Waals surface area (Å²) in [4.78, 5) is 15.4. The summed E-state index contributed by atoms with van der Waals surface area (Å²) in [6.07, 6.45) is 1.46. The van der Waals surface area contributed by atoms with Crippen molar-refractivity contribution in [3.05, 3.63) is 86.4 Å². The van der Waals surface area contributed by atoms with E-state index in [1.54, 1.807) is 23.5 Å². The van der Waals surface area contributed by atoms with E-state index in [-0.39, 0.29) is 16.7 Å². The topological polar surface area (TPSA) is 93.8 Å². The monoisotopic (exact) mass is 437 g/mol. The molecule has 0 aliphatic rings. The number of aryl methyl sites for hydroxylation is 1. The quantitative estimate of drug-likeness (QED) is 0.288. The van der Waals surface area contributed by atoms with Crippen LogP contribution in [-0.2, 0) is 12.8 Å². The Labute approximate surface area is 181 Å². The van der Waals surface area contributed by atoms with Crippen molar-refractivity contribution in [2.45, 2.75) is 25.8 Å². The number of rotatable bonds is 8. The first-order chi connectivity index (χ1) is 14.6. The maximum absolute atomic E-state index is 10.9. The molecule has 1 atom stereocenters. The van der Waals surface area contributed by atoms with Crippen molar-refractivity contribution in [1.82, 2.24) is 15.2 Å². The lowest BCUT2D eigenvalue weighted by molar-refractivity contribution is -0.384. The van der Waals surface area contributed by atoms with E-state index in [1.807, 2.05) is 42.6 Å². The maximum Gasteiger partial charge on any atom is 0.269 e. The average molecular weight is 438 g/mol. The number of nitrogens with one attached hydrogen (secondary N) is 1. The number of hydrogen-bond donors (Lipinski definition) is 1. The van der Waals surface area contributed by atoms with Crippen LogP contribution in [-0.4, -0.2) is 20.1 Å². The number of aromatic nitrogens is 3. The van der Waals surface area contributed by atoms with E-state index in [4.69, 9.17) is 4.98 Å². The van der Waals surface area contributed by atoms with Crippen molar-refractivity contribution < 1.29 is 4.92 Å². The van der Waals surface area contributed by atoms with Crippen LogP contribution < -0.4 is 5.32 Å². The van der Waals surface area contributed by atoms with Gasteiger partial charge in [0.05, 0.1) is 16.7 Å². The number of anilines is 1. The van der Waals surface area contributed by atoms with Crippen molar-refractivity contribution in [1.29, 1.82) is 0 Å². The zero-order valence-electron chi connectivity index (χ0n) is 16.2. The summed E-state index contributed by atoms with van der Waals surface area (Å²) in [5.41, 5.74) is 3.05. The van der Waals surface area contributed by atoms with Gasteiger partial charge in [0.1, 0.15) is 10.0 Å². The van der Waals surface area contributed by atoms with Crippen LogP contribution in [0.3, 0.4) is 0 Å². The summed E-state index contributed by atoms with van der Waals surface area (Å²) < 4.78 is 0. The fourth-order valence-electron chi connectivity index (χ4n) is 2.98. The first-order valence-electron chi connectivity index (χ1n) is 9.45. The maximum atomic E-state index is 10.9. The van der Waals surface area contributed by atoms with Gasteiger partial charge in [-0.15, -0.1) is 21.5 Å². The van der Waals surface area contributed by atoms with Crippen LogP contribution in [0.4, 0.5) is 10.8 Å². The Hall–Kier alpha value is -3.17. The van der Waals surface area contributed by atoms with Crippen LogP contribution in [0.5, 0.6) is 0 Å². The number of nitro benzene ring substituents is 1. The SMILES string of the molecule is CCc1nnc(N[C@@H](Cc2ccc([N+](=O)[O-])cc2)c2csc(-c3ccccc3)n2)s1. The molecule has 0 amide bonds. The number of benzene rings is 2. The van der Waals surface area contributed by atoms with Gasteiger partial charge in [0, 0.05) is 23.1 Å². The second-order valence-electron chi connectivity index (χ2n) is 6.62. The summed E-state index contributed by atoms with van der Waals surface area (Å²) in [6.45, 7) is 2.05. The predicted molar refractivity (Wildman–Crippen MR) is 120 cm³/mol. The van der Waals surface area contributed by atoms with Crippen LogP contribution in [0.2, 0.25) is 0 Å². The van der Waals surface area contributed by atoms with Gasteiger partial charge in [-0.1, -0.05) is 60.7 Å². The molecule has 0 radical (unpaired) electrons. The zero-order chi connectivity index (χ0) is 20.9. The van der Waals surface area contributed by atoms with E-state index in [2.05, 4.69) is 15.5 Å². The minimum atomic E-state index is -0.389. The molecule has 2 aromatic heterocycles. The molecule has 4 rings (SSSR count). The van der Waals surface area contributed by atoms with Crippen LogP contribution in [0.25, 0.3) is 10.6 Å². The molecule has 0 aliphatic carbocycles. The summed E-state index contributed by atoms with van der Waals surface area (Å²) >= 11 is 3.12. The molecule has 0 unspecified atom stereocenters. The Kier molecular flexibility index (Phi) is 6.10. The number of hydrogen-bond acceptors (Lipinski definition) is 8. The van der Waals surface area contributed by atoms with Gasteiger partial charge < -0.3 is 5.32 Å². The third-order valence-corrected chi connectivity index (χ3v) is 6.46. The van der Waals surface area contributed by atoms with Crippen molar-refractivity contribution in [3.63, 3.8) is 0 Å². The van der Waals surface area contributed by atoms with Crippen molar-refractivity contribution in [2.24, 2.45) is 0 Å². The molecule has 9 heteroatoms. The molecular formula is C21H19N5O2S2. The van der Waals surface area contributed by atoms with Gasteiger partial charge in [0.15, 0.2) is 0 Å². The molecule has 0 spiro atoms. The van der Waals surface area contributed by atoms with E-state index in [1.165, 1.54) is 23.5 Å². The molecule has 4 aromatic rings. The Bertz CT molecular complexity index is 1130. The highest BCUT2D eigenvalue weighted by atomic mass is 32.1. The molecule has 30 heavy (non-hydrogen) atoms. The molecule has 2 heterocycles. The van der Waals surface area contributed by atoms with Crippen molar-refractivity contribution in [3.8, 4) is 10.6 Å². The Morgan fingerprint density at radius 1 is 1.10 bits per heavy atom. The van der Waals surface area contributed by atoms with Gasteiger partial charge in [-0.25, -0.2) is 4.98 Å². The third-order valence-electron chi connectivity index (χ3n) is 4.55. The second-order valence-corrected chi connectivity index (χ2v) is 8.54. The van der Waals surface area contributed by atoms with Gasteiger partial charge >= 0.3 is 0 Å². The lowest BCUT2D eigenvalue weighted by atomic mass is 10.0. The number of nitrogens with zero attached hydrogens (tertiary/aromatic N) is 4. The van der Waals surface area contributed by atoms with E-state index in [9.17, 15) is 10.1 Å². The van der Waals surface area contributed by atoms with Crippen LogP contribution in [0.1, 0.15) is 29.2 Å². The Balaban J connectivity index is 1.61. The molecule has 2 aromatic carbocycles. The standard InChI is InChI=1S/C21H19N5O2S2/c1-2-19-24-25-21(30-19)23-17(12-14-8-10-16(11-9-14)26(27)28)18-13-29-20(22-18)15-6-4-3-5-7-15/h3-11,13,17H,2,12H2,1H3,(H,23,25)/t17-/m0/s1. The smallest absolute Gasteiger partial charge is 0.269 e. The van der Waals surface area contributed by atoms with E-state index < -0.39 is 0 Å². The summed E-state index contributed by atoms with van der Waals surface area (Å²) in [6, 6.07) is 16.6. The lowest BCUT2D eigenvalue weighted by Gasteiger charge is -2.16. The third kappa shape index (κ3) is 4.69. The molecule has 0 bridgehead atoms. The van der Waals surface area contributed by atoms with Gasteiger partial charge in [-0.3, -0.25) is 10.1 Å². The van der Waals surface area contributed by atoms with Crippen LogP contribution in [0, 0.1) is 10.1 Å². The Morgan fingerprint density at radius 2 is 1.87 bits per heavy atom. The lowest BCUT2D eigenvalue weighted by Crippen LogP contribution is -2.14. The molecular weight excluding hydrogens is 418 g/mol. The zero-order valence-corrected chi connectivity index (χ0v) is 17.8. The van der Waals surface area contributed by atoms with Crippen molar-refractivity contribution in [2.75, 3.05) is 5.32 Å². The largest absolute Gasteiger partial charge is 0.351 e. The first-order valence-corrected chi connectivity index (χ1v) is 11.1. The minimum Gasteiger partial charge on any atom is -0.351 e. The van der Waals surface area contributed by atoms with Gasteiger partial charge in [0.25, 0.3) is 5.69 Å². The van der Waals surface area contributed by atoms with Gasteiger partial charge in [-0.05, 0) is 18.4 Å². The molecule has 1 N–H and O–H groups in total. The number of thiazole rings is 1. The summed E-state index contributed by atoms with van der Waals surface area (Å²) in [5, 5.41) is 27.5. The predicted octanol–water partition coefficient (Wildman–Crippen LogP) is 5.53. The number of non-ortho nitro benzene ring substituents is 1. The highest BCUT2D eigenvalue weighted by Gasteiger charge is 2.19. The van der Waals surface area contributed by atoms with Crippen LogP contribution in [0.15, 0.2) is 60.0 Å². The highest BCUT2D eigenvalue weighted by molar-refractivity contribution is 7.15. The van der Waals surface area contributed by atoms with Gasteiger partial charge in [0.2, 0.25) is 5.13 Å². The van der Waals surface area contributed by atoms with Crippen molar-refractivity contribution >= 4 is 33.5 Å². The first kappa shape index (κ1) is 20.1.